The summed E-state index contributed by atoms with van der Waals surface area (Å²) in [5, 5.41) is 26.5. The normalized spacial score (nSPS) is 37.7. The third kappa shape index (κ3) is 4.16. The average molecular weight is 489 g/mol. The minimum absolute atomic E-state index is 0. The summed E-state index contributed by atoms with van der Waals surface area (Å²) in [7, 11) is 0. The third-order valence-corrected chi connectivity index (χ3v) is 8.55. The molecule has 8 atom stereocenters. The molecule has 0 aliphatic carbocycles. The van der Waals surface area contributed by atoms with Gasteiger partial charge < -0.3 is 30.6 Å². The number of nitrogens with zero attached hydrogens (tertiary/aromatic N) is 2. The van der Waals surface area contributed by atoms with Gasteiger partial charge in [-0.15, -0.1) is 24.2 Å². The molecule has 0 aromatic carbocycles. The highest BCUT2D eigenvalue weighted by Crippen LogP contribution is 2.51. The van der Waals surface area contributed by atoms with Gasteiger partial charge in [0.2, 0.25) is 11.8 Å². The number of piperazine rings is 1. The van der Waals surface area contributed by atoms with Crippen molar-refractivity contribution in [2.75, 3.05) is 19.6 Å². The third-order valence-electron chi connectivity index (χ3n) is 7.04. The van der Waals surface area contributed by atoms with Crippen LogP contribution in [0.4, 0.5) is 0 Å². The molecular formula is C21H33ClN4O5S. The molecule has 0 unspecified atom stereocenters. The number of nitrogens with one attached hydrogen (secondary N) is 2. The standard InChI is InChI=1S/C21H32N4O5S.ClH/c1-9-8-24(10(2)6-22-9)19(27)14-5-13(7-23-14)31-18-11(3)16-15(12(4)26)20(28)25(16)17(18)21(29)30;/h9-16,22-23,26H,5-8H2,1-4H3,(H,29,30);1H/t9-,10+,11-,12-,13+,14+,15-,16-;/m1./s1. The fourth-order valence-corrected chi connectivity index (χ4v) is 6.85. The summed E-state index contributed by atoms with van der Waals surface area (Å²) in [5.41, 5.74) is 0.0451. The molecule has 0 spiro atoms. The number of carbonyl (C=O) groups is 3. The van der Waals surface area contributed by atoms with Gasteiger partial charge in [0.1, 0.15) is 5.70 Å². The summed E-state index contributed by atoms with van der Waals surface area (Å²) in [4.78, 5) is 41.5. The summed E-state index contributed by atoms with van der Waals surface area (Å²) in [6, 6.07) is -0.186. The van der Waals surface area contributed by atoms with Crippen LogP contribution in [-0.4, -0.2) is 93.0 Å². The van der Waals surface area contributed by atoms with Crippen LogP contribution < -0.4 is 10.6 Å². The topological polar surface area (TPSA) is 122 Å². The average Bonchev–Trinajstić information content (AvgIpc) is 3.25. The number of hydrogen-bond acceptors (Lipinski definition) is 7. The molecule has 0 radical (unpaired) electrons. The van der Waals surface area contributed by atoms with Gasteiger partial charge in [-0.05, 0) is 27.2 Å². The van der Waals surface area contributed by atoms with Crippen LogP contribution in [0.25, 0.3) is 0 Å². The molecule has 3 fully saturated rings. The Morgan fingerprint density at radius 1 is 1.19 bits per heavy atom. The van der Waals surface area contributed by atoms with Gasteiger partial charge in [0.25, 0.3) is 0 Å². The lowest BCUT2D eigenvalue weighted by Gasteiger charge is -2.46. The second-order valence-corrected chi connectivity index (χ2v) is 10.7. The van der Waals surface area contributed by atoms with E-state index in [1.54, 1.807) is 6.92 Å². The van der Waals surface area contributed by atoms with Gasteiger partial charge in [-0.2, -0.15) is 0 Å². The van der Waals surface area contributed by atoms with E-state index >= 15 is 0 Å². The van der Waals surface area contributed by atoms with Gasteiger partial charge >= 0.3 is 5.97 Å². The zero-order valence-electron chi connectivity index (χ0n) is 18.8. The number of carboxylic acid groups (broad SMARTS) is 1. The summed E-state index contributed by atoms with van der Waals surface area (Å²) in [5.74, 6) is -2.05. The van der Waals surface area contributed by atoms with E-state index in [9.17, 15) is 24.6 Å². The van der Waals surface area contributed by atoms with Gasteiger partial charge in [0.15, 0.2) is 0 Å². The van der Waals surface area contributed by atoms with Gasteiger partial charge in [-0.3, -0.25) is 9.59 Å². The van der Waals surface area contributed by atoms with E-state index < -0.39 is 18.0 Å². The fourth-order valence-electron chi connectivity index (χ4n) is 5.37. The van der Waals surface area contributed by atoms with E-state index in [-0.39, 0.29) is 65.3 Å². The van der Waals surface area contributed by atoms with Crippen LogP contribution in [0.15, 0.2) is 10.6 Å². The van der Waals surface area contributed by atoms with E-state index in [1.807, 2.05) is 18.7 Å². The first-order chi connectivity index (χ1) is 14.6. The number of hydrogen-bond donors (Lipinski definition) is 4. The van der Waals surface area contributed by atoms with Crippen molar-refractivity contribution in [1.82, 2.24) is 20.4 Å². The largest absolute Gasteiger partial charge is 0.477 e. The highest BCUT2D eigenvalue weighted by atomic mass is 35.5. The molecule has 4 aliphatic rings. The molecule has 0 bridgehead atoms. The molecule has 0 saturated carbocycles. The van der Waals surface area contributed by atoms with Crippen molar-refractivity contribution in [2.45, 2.75) is 69.6 Å². The van der Waals surface area contributed by atoms with E-state index in [1.165, 1.54) is 16.7 Å². The Labute approximate surface area is 198 Å². The summed E-state index contributed by atoms with van der Waals surface area (Å²) in [6.07, 6.45) is -0.190. The molecule has 4 heterocycles. The molecule has 0 aromatic rings. The smallest absolute Gasteiger partial charge is 0.353 e. The highest BCUT2D eigenvalue weighted by molar-refractivity contribution is 8.03. The van der Waals surface area contributed by atoms with Crippen LogP contribution in [0.5, 0.6) is 0 Å². The molecule has 3 saturated heterocycles. The molecule has 0 aromatic heterocycles. The fraction of sp³-hybridized carbons (Fsp3) is 0.762. The number of carbonyl (C=O) groups excluding carboxylic acids is 2. The van der Waals surface area contributed by atoms with E-state index in [2.05, 4.69) is 17.6 Å². The zero-order valence-corrected chi connectivity index (χ0v) is 20.4. The number of β-lactam (4-membered cyclic amide) rings is 1. The number of rotatable bonds is 5. The number of thioether (sulfide) groups is 1. The van der Waals surface area contributed by atoms with Crippen LogP contribution in [0.3, 0.4) is 0 Å². The molecule has 11 heteroatoms. The van der Waals surface area contributed by atoms with Crippen molar-refractivity contribution in [2.24, 2.45) is 11.8 Å². The van der Waals surface area contributed by atoms with Crippen LogP contribution in [-0.2, 0) is 14.4 Å². The van der Waals surface area contributed by atoms with E-state index in [4.69, 9.17) is 0 Å². The first-order valence-electron chi connectivity index (χ1n) is 11.0. The SMILES string of the molecule is C[C@@H]1CN(C(=O)[C@@H]2C[C@H](SC3=C(C(=O)O)N4C(=O)[C@H]([C@@H](C)O)[C@H]4[C@H]3C)CN2)[C@@H](C)CN1.Cl. The van der Waals surface area contributed by atoms with Crippen molar-refractivity contribution in [3.63, 3.8) is 0 Å². The number of aliphatic hydroxyl groups is 1. The van der Waals surface area contributed by atoms with Crippen LogP contribution in [0.2, 0.25) is 0 Å². The van der Waals surface area contributed by atoms with Gasteiger partial charge in [0, 0.05) is 47.8 Å². The lowest BCUT2D eigenvalue weighted by molar-refractivity contribution is -0.163. The zero-order chi connectivity index (χ0) is 22.6. The maximum atomic E-state index is 13.1. The second-order valence-electron chi connectivity index (χ2n) is 9.36. The van der Waals surface area contributed by atoms with E-state index in [0.717, 1.165) is 6.54 Å². The predicted molar refractivity (Wildman–Crippen MR) is 123 cm³/mol. The van der Waals surface area contributed by atoms with E-state index in [0.29, 0.717) is 24.4 Å². The molecule has 180 valence electrons. The molecule has 32 heavy (non-hydrogen) atoms. The Kier molecular flexibility index (Phi) is 7.51. The number of carboxylic acids is 1. The second kappa shape index (κ2) is 9.50. The lowest BCUT2D eigenvalue weighted by atomic mass is 9.79. The summed E-state index contributed by atoms with van der Waals surface area (Å²) in [6.45, 7) is 9.68. The lowest BCUT2D eigenvalue weighted by Crippen LogP contribution is -2.63. The van der Waals surface area contributed by atoms with Crippen molar-refractivity contribution in [3.8, 4) is 0 Å². The van der Waals surface area contributed by atoms with Crippen molar-refractivity contribution in [1.29, 1.82) is 0 Å². The molecular weight excluding hydrogens is 456 g/mol. The molecule has 4 aliphatic heterocycles. The predicted octanol–water partition coefficient (Wildman–Crippen LogP) is 0.234. The molecule has 4 rings (SSSR count). The maximum absolute atomic E-state index is 13.1. The number of fused-ring (bicyclic) bond motifs is 1. The van der Waals surface area contributed by atoms with Crippen molar-refractivity contribution >= 4 is 42.0 Å². The summed E-state index contributed by atoms with van der Waals surface area (Å²) < 4.78 is 0. The minimum atomic E-state index is -1.11. The number of halogens is 1. The Morgan fingerprint density at radius 2 is 1.88 bits per heavy atom. The Balaban J connectivity index is 0.00000289. The Hall–Kier alpha value is -1.33. The van der Waals surface area contributed by atoms with Gasteiger partial charge in [0.05, 0.1) is 24.1 Å². The number of amides is 2. The van der Waals surface area contributed by atoms with Crippen molar-refractivity contribution < 1.29 is 24.6 Å². The number of aliphatic hydroxyl groups excluding tert-OH is 1. The monoisotopic (exact) mass is 488 g/mol. The maximum Gasteiger partial charge on any atom is 0.353 e. The molecule has 9 nitrogen and oxygen atoms in total. The highest BCUT2D eigenvalue weighted by Gasteiger charge is 2.60. The Bertz CT molecular complexity index is 824. The first-order valence-corrected chi connectivity index (χ1v) is 11.9. The molecule has 4 N–H and O–H groups in total. The summed E-state index contributed by atoms with van der Waals surface area (Å²) >= 11 is 1.47. The van der Waals surface area contributed by atoms with Gasteiger partial charge in [-0.1, -0.05) is 6.92 Å². The molecule has 2 amide bonds. The van der Waals surface area contributed by atoms with Crippen LogP contribution >= 0.6 is 24.2 Å². The van der Waals surface area contributed by atoms with Crippen LogP contribution in [0, 0.1) is 11.8 Å². The Morgan fingerprint density at radius 3 is 2.50 bits per heavy atom. The first kappa shape index (κ1) is 25.3. The van der Waals surface area contributed by atoms with Crippen molar-refractivity contribution in [3.05, 3.63) is 10.6 Å². The van der Waals surface area contributed by atoms with Crippen LogP contribution in [0.1, 0.15) is 34.1 Å². The quantitative estimate of drug-likeness (QED) is 0.406. The van der Waals surface area contributed by atoms with Gasteiger partial charge in [-0.25, -0.2) is 4.79 Å². The number of aliphatic carboxylic acids is 1. The minimum Gasteiger partial charge on any atom is -0.477 e.